The van der Waals surface area contributed by atoms with Gasteiger partial charge in [0.2, 0.25) is 0 Å². The van der Waals surface area contributed by atoms with Gasteiger partial charge in [0.25, 0.3) is 5.91 Å². The topological polar surface area (TPSA) is 105 Å². The molecule has 10 heteroatoms. The molecule has 0 bridgehead atoms. The van der Waals surface area contributed by atoms with Crippen LogP contribution < -0.4 is 15.5 Å². The summed E-state index contributed by atoms with van der Waals surface area (Å²) in [6, 6.07) is 7.68. The summed E-state index contributed by atoms with van der Waals surface area (Å²) in [6.45, 7) is 6.00. The van der Waals surface area contributed by atoms with Gasteiger partial charge >= 0.3 is 0 Å². The monoisotopic (exact) mass is 417 g/mol. The number of nitrogens with zero attached hydrogens (tertiary/aromatic N) is 7. The highest BCUT2D eigenvalue weighted by Gasteiger charge is 2.20. The smallest absolute Gasteiger partial charge is 0.262 e. The zero-order valence-corrected chi connectivity index (χ0v) is 17.2. The molecule has 1 amide bonds. The predicted molar refractivity (Wildman–Crippen MR) is 116 cm³/mol. The van der Waals surface area contributed by atoms with Crippen molar-refractivity contribution in [3.63, 3.8) is 0 Å². The molecular formula is C21H23N9O. The van der Waals surface area contributed by atoms with Crippen LogP contribution in [0.5, 0.6) is 0 Å². The van der Waals surface area contributed by atoms with E-state index in [-0.39, 0.29) is 5.91 Å². The zero-order valence-electron chi connectivity index (χ0n) is 17.2. The fourth-order valence-corrected chi connectivity index (χ4v) is 3.59. The van der Waals surface area contributed by atoms with E-state index in [0.717, 1.165) is 43.3 Å². The predicted octanol–water partition coefficient (Wildman–Crippen LogP) is 1.34. The zero-order chi connectivity index (χ0) is 21.2. The summed E-state index contributed by atoms with van der Waals surface area (Å²) in [5.74, 6) is 1.16. The quantitative estimate of drug-likeness (QED) is 0.505. The minimum atomic E-state index is -0.279. The molecule has 5 rings (SSSR count). The van der Waals surface area contributed by atoms with Crippen LogP contribution in [0.1, 0.15) is 21.6 Å². The Labute approximate surface area is 178 Å². The van der Waals surface area contributed by atoms with E-state index in [9.17, 15) is 4.79 Å². The number of carbonyl (C=O) groups is 1. The average Bonchev–Trinajstić information content (AvgIpc) is 3.40. The number of hydrogen-bond donors (Lipinski definition) is 2. The van der Waals surface area contributed by atoms with Crippen LogP contribution in [0, 0.1) is 6.92 Å². The van der Waals surface area contributed by atoms with Crippen molar-refractivity contribution in [2.24, 2.45) is 0 Å². The Balaban J connectivity index is 1.45. The Morgan fingerprint density at radius 1 is 1.19 bits per heavy atom. The summed E-state index contributed by atoms with van der Waals surface area (Å²) in [6.07, 6.45) is 6.76. The number of aromatic nitrogens is 6. The molecule has 1 aliphatic rings. The maximum Gasteiger partial charge on any atom is 0.262 e. The highest BCUT2D eigenvalue weighted by Crippen LogP contribution is 2.22. The Kier molecular flexibility index (Phi) is 5.04. The summed E-state index contributed by atoms with van der Waals surface area (Å²) < 4.78 is 3.36. The summed E-state index contributed by atoms with van der Waals surface area (Å²) in [5, 5.41) is 15.3. The van der Waals surface area contributed by atoms with Crippen molar-refractivity contribution in [1.82, 2.24) is 34.7 Å². The number of anilines is 2. The number of piperazine rings is 1. The first kappa shape index (κ1) is 19.2. The molecule has 0 unspecified atom stereocenters. The second-order valence-electron chi connectivity index (χ2n) is 7.51. The molecule has 4 aromatic heterocycles. The SMILES string of the molecule is Cc1ccc(Cn2nc(N3CCNCC3)cc2NC(=O)c2cnn3cccnc23)nc1. The Morgan fingerprint density at radius 2 is 2.06 bits per heavy atom. The molecule has 0 radical (unpaired) electrons. The Hall–Kier alpha value is -3.79. The first-order valence-electron chi connectivity index (χ1n) is 10.2. The number of pyridine rings is 1. The van der Waals surface area contributed by atoms with Crippen molar-refractivity contribution in [1.29, 1.82) is 0 Å². The molecule has 2 N–H and O–H groups in total. The molecule has 0 saturated carbocycles. The van der Waals surface area contributed by atoms with Gasteiger partial charge in [-0.1, -0.05) is 6.07 Å². The second-order valence-corrected chi connectivity index (χ2v) is 7.51. The summed E-state index contributed by atoms with van der Waals surface area (Å²) in [4.78, 5) is 24.0. The van der Waals surface area contributed by atoms with Crippen LogP contribution >= 0.6 is 0 Å². The highest BCUT2D eigenvalue weighted by molar-refractivity contribution is 6.07. The van der Waals surface area contributed by atoms with Crippen molar-refractivity contribution in [2.45, 2.75) is 13.5 Å². The van der Waals surface area contributed by atoms with Crippen molar-refractivity contribution < 1.29 is 4.79 Å². The number of nitrogens with one attached hydrogen (secondary N) is 2. The van der Waals surface area contributed by atoms with E-state index >= 15 is 0 Å². The number of amides is 1. The molecule has 0 spiro atoms. The standard InChI is InChI=1S/C21H23N9O/c1-15-3-4-16(24-12-15)14-30-18(11-19(27-30)28-9-6-22-7-10-28)26-21(31)17-13-25-29-8-2-5-23-20(17)29/h2-5,8,11-13,22H,6-7,9-10,14H2,1H3,(H,26,31). The van der Waals surface area contributed by atoms with E-state index in [1.54, 1.807) is 27.7 Å². The van der Waals surface area contributed by atoms with E-state index in [4.69, 9.17) is 5.10 Å². The van der Waals surface area contributed by atoms with Crippen LogP contribution in [0.2, 0.25) is 0 Å². The van der Waals surface area contributed by atoms with Gasteiger partial charge in [0, 0.05) is 50.8 Å². The van der Waals surface area contributed by atoms with Crippen molar-refractivity contribution in [3.05, 3.63) is 65.9 Å². The number of carbonyl (C=O) groups excluding carboxylic acids is 1. The summed E-state index contributed by atoms with van der Waals surface area (Å²) in [7, 11) is 0. The minimum Gasteiger partial charge on any atom is -0.353 e. The molecule has 0 aromatic carbocycles. The molecule has 10 nitrogen and oxygen atoms in total. The van der Waals surface area contributed by atoms with Gasteiger partial charge in [0.15, 0.2) is 11.5 Å². The molecule has 158 valence electrons. The van der Waals surface area contributed by atoms with E-state index < -0.39 is 0 Å². The lowest BCUT2D eigenvalue weighted by Crippen LogP contribution is -2.43. The van der Waals surface area contributed by atoms with Crippen molar-refractivity contribution >= 4 is 23.2 Å². The molecule has 0 aliphatic carbocycles. The molecular weight excluding hydrogens is 394 g/mol. The highest BCUT2D eigenvalue weighted by atomic mass is 16.1. The normalized spacial score (nSPS) is 14.2. The van der Waals surface area contributed by atoms with Gasteiger partial charge in [0.1, 0.15) is 11.4 Å². The molecule has 1 aliphatic heterocycles. The number of aryl methyl sites for hydroxylation is 1. The molecule has 1 fully saturated rings. The second kappa shape index (κ2) is 8.15. The Bertz CT molecular complexity index is 1210. The third kappa shape index (κ3) is 3.97. The first-order valence-corrected chi connectivity index (χ1v) is 10.2. The van der Waals surface area contributed by atoms with Crippen LogP contribution in [0.4, 0.5) is 11.6 Å². The molecule has 0 atom stereocenters. The van der Waals surface area contributed by atoms with Gasteiger partial charge in [-0.3, -0.25) is 9.78 Å². The molecule has 4 aromatic rings. The molecule has 31 heavy (non-hydrogen) atoms. The van der Waals surface area contributed by atoms with E-state index in [0.29, 0.717) is 23.6 Å². The van der Waals surface area contributed by atoms with Gasteiger partial charge in [-0.2, -0.15) is 10.2 Å². The van der Waals surface area contributed by atoms with Crippen molar-refractivity contribution in [3.8, 4) is 0 Å². The van der Waals surface area contributed by atoms with Gasteiger partial charge < -0.3 is 15.5 Å². The van der Waals surface area contributed by atoms with Crippen LogP contribution in [0.3, 0.4) is 0 Å². The lowest BCUT2D eigenvalue weighted by atomic mass is 10.3. The fraction of sp³-hybridized carbons (Fsp3) is 0.286. The average molecular weight is 417 g/mol. The van der Waals surface area contributed by atoms with E-state index in [1.807, 2.05) is 31.3 Å². The lowest BCUT2D eigenvalue weighted by Gasteiger charge is -2.27. The van der Waals surface area contributed by atoms with Gasteiger partial charge in [-0.25, -0.2) is 14.2 Å². The number of rotatable bonds is 5. The van der Waals surface area contributed by atoms with E-state index in [1.165, 1.54) is 6.20 Å². The van der Waals surface area contributed by atoms with Crippen LogP contribution in [0.15, 0.2) is 49.1 Å². The molecule has 5 heterocycles. The molecule has 1 saturated heterocycles. The van der Waals surface area contributed by atoms with Crippen molar-refractivity contribution in [2.75, 3.05) is 36.4 Å². The maximum atomic E-state index is 13.0. The van der Waals surface area contributed by atoms with Crippen LogP contribution in [-0.2, 0) is 6.54 Å². The summed E-state index contributed by atoms with van der Waals surface area (Å²) >= 11 is 0. The van der Waals surface area contributed by atoms with Crippen LogP contribution in [-0.4, -0.2) is 61.4 Å². The lowest BCUT2D eigenvalue weighted by molar-refractivity contribution is 0.102. The van der Waals surface area contributed by atoms with Gasteiger partial charge in [-0.05, 0) is 24.6 Å². The Morgan fingerprint density at radius 3 is 2.87 bits per heavy atom. The van der Waals surface area contributed by atoms with Crippen LogP contribution in [0.25, 0.3) is 5.65 Å². The minimum absolute atomic E-state index is 0.279. The number of fused-ring (bicyclic) bond motifs is 1. The first-order chi connectivity index (χ1) is 15.2. The van der Waals surface area contributed by atoms with Gasteiger partial charge in [0.05, 0.1) is 18.4 Å². The third-order valence-electron chi connectivity index (χ3n) is 5.26. The number of hydrogen-bond acceptors (Lipinski definition) is 7. The third-order valence-corrected chi connectivity index (χ3v) is 5.26. The summed E-state index contributed by atoms with van der Waals surface area (Å²) in [5.41, 5.74) is 2.88. The largest absolute Gasteiger partial charge is 0.353 e. The van der Waals surface area contributed by atoms with E-state index in [2.05, 4.69) is 30.6 Å². The maximum absolute atomic E-state index is 13.0. The fourth-order valence-electron chi connectivity index (χ4n) is 3.59. The van der Waals surface area contributed by atoms with Gasteiger partial charge in [-0.15, -0.1) is 0 Å².